The van der Waals surface area contributed by atoms with Crippen LogP contribution in [0.4, 0.5) is 4.39 Å². The van der Waals surface area contributed by atoms with Crippen LogP contribution in [-0.4, -0.2) is 19.6 Å². The fraction of sp³-hybridized carbons (Fsp3) is 0.143. The van der Waals surface area contributed by atoms with Gasteiger partial charge >= 0.3 is 0 Å². The number of benzene rings is 2. The lowest BCUT2D eigenvalue weighted by atomic mass is 9.98. The summed E-state index contributed by atoms with van der Waals surface area (Å²) in [5.41, 5.74) is 3.60. The molecule has 0 unspecified atom stereocenters. The first kappa shape index (κ1) is 17.8. The van der Waals surface area contributed by atoms with Gasteiger partial charge in [0.1, 0.15) is 6.33 Å². The molecule has 136 valence electrons. The minimum Gasteiger partial charge on any atom is -0.386 e. The van der Waals surface area contributed by atoms with Crippen LogP contribution in [0.3, 0.4) is 0 Å². The number of imidazole rings is 1. The lowest BCUT2D eigenvalue weighted by Gasteiger charge is -2.17. The van der Waals surface area contributed by atoms with Crippen molar-refractivity contribution in [3.8, 4) is 16.8 Å². The second-order valence-corrected chi connectivity index (χ2v) is 7.83. The van der Waals surface area contributed by atoms with Crippen LogP contribution in [0.15, 0.2) is 65.5 Å². The molecule has 2 aromatic carbocycles. The molecule has 0 bridgehead atoms. The number of hydrogen-bond acceptors (Lipinski definition) is 3. The maximum absolute atomic E-state index is 14.2. The highest BCUT2D eigenvalue weighted by atomic mass is 79.9. The molecule has 2 heterocycles. The van der Waals surface area contributed by atoms with E-state index in [1.807, 2.05) is 47.0 Å². The normalized spacial score (nSPS) is 11.9. The number of aliphatic hydroxyl groups is 1. The Hall–Kier alpha value is -2.57. The summed E-state index contributed by atoms with van der Waals surface area (Å²) >= 11 is 3.34. The molecule has 0 aliphatic heterocycles. The average Bonchev–Trinajstić information content (AvgIpc) is 3.06. The van der Waals surface area contributed by atoms with Crippen molar-refractivity contribution in [1.29, 1.82) is 0 Å². The van der Waals surface area contributed by atoms with Gasteiger partial charge in [-0.15, -0.1) is 0 Å². The quantitative estimate of drug-likeness (QED) is 0.458. The van der Waals surface area contributed by atoms with Crippen LogP contribution in [0.2, 0.25) is 0 Å². The van der Waals surface area contributed by atoms with Gasteiger partial charge in [0.15, 0.2) is 0 Å². The summed E-state index contributed by atoms with van der Waals surface area (Å²) < 4.78 is 16.8. The Labute approximate surface area is 164 Å². The highest BCUT2D eigenvalue weighted by molar-refractivity contribution is 9.10. The third-order valence-corrected chi connectivity index (χ3v) is 4.93. The molecule has 0 amide bonds. The topological polar surface area (TPSA) is 50.9 Å². The molecule has 4 rings (SSSR count). The molecule has 0 aliphatic carbocycles. The smallest absolute Gasteiger partial charge is 0.220 e. The van der Waals surface area contributed by atoms with Gasteiger partial charge in [-0.1, -0.05) is 18.2 Å². The van der Waals surface area contributed by atoms with Crippen LogP contribution >= 0.6 is 15.9 Å². The van der Waals surface area contributed by atoms with Crippen LogP contribution in [0.1, 0.15) is 19.4 Å². The van der Waals surface area contributed by atoms with Crippen molar-refractivity contribution in [3.05, 3.63) is 77.0 Å². The van der Waals surface area contributed by atoms with E-state index in [1.165, 1.54) is 6.20 Å². The number of aromatic nitrogens is 3. The van der Waals surface area contributed by atoms with Gasteiger partial charge in [0, 0.05) is 21.9 Å². The zero-order valence-corrected chi connectivity index (χ0v) is 16.4. The summed E-state index contributed by atoms with van der Waals surface area (Å²) in [5, 5.41) is 10.2. The molecule has 0 atom stereocenters. The minimum absolute atomic E-state index is 0.431. The van der Waals surface area contributed by atoms with Gasteiger partial charge in [0.2, 0.25) is 5.95 Å². The summed E-state index contributed by atoms with van der Waals surface area (Å²) in [7, 11) is 0. The van der Waals surface area contributed by atoms with Crippen molar-refractivity contribution >= 4 is 27.0 Å². The Morgan fingerprint density at radius 3 is 2.67 bits per heavy atom. The Balaban J connectivity index is 1.82. The number of pyridine rings is 1. The highest BCUT2D eigenvalue weighted by Crippen LogP contribution is 2.29. The molecule has 0 fully saturated rings. The maximum Gasteiger partial charge on any atom is 0.220 e. The lowest BCUT2D eigenvalue weighted by molar-refractivity contribution is 0.0787. The Morgan fingerprint density at radius 2 is 1.89 bits per heavy atom. The first-order chi connectivity index (χ1) is 12.8. The van der Waals surface area contributed by atoms with Gasteiger partial charge in [-0.25, -0.2) is 9.97 Å². The second-order valence-electron chi connectivity index (χ2n) is 6.92. The molecule has 0 spiro atoms. The van der Waals surface area contributed by atoms with E-state index in [4.69, 9.17) is 0 Å². The van der Waals surface area contributed by atoms with Crippen molar-refractivity contribution in [2.75, 3.05) is 0 Å². The van der Waals surface area contributed by atoms with E-state index >= 15 is 0 Å². The van der Waals surface area contributed by atoms with E-state index in [9.17, 15) is 9.50 Å². The fourth-order valence-corrected chi connectivity index (χ4v) is 3.38. The van der Waals surface area contributed by atoms with Gasteiger partial charge in [-0.2, -0.15) is 4.39 Å². The molecule has 27 heavy (non-hydrogen) atoms. The Morgan fingerprint density at radius 1 is 1.07 bits per heavy atom. The molecule has 0 saturated carbocycles. The van der Waals surface area contributed by atoms with Crippen LogP contribution in [0.25, 0.3) is 27.8 Å². The number of halogens is 2. The molecule has 0 saturated heterocycles. The SMILES string of the molecule is CC(C)(O)c1ccc2c(c1)ncn2-c1cccc(-c2cc(Br)cnc2F)c1. The molecule has 6 heteroatoms. The van der Waals surface area contributed by atoms with Crippen molar-refractivity contribution < 1.29 is 9.50 Å². The van der Waals surface area contributed by atoms with Gasteiger partial charge in [-0.05, 0) is 71.2 Å². The minimum atomic E-state index is -0.927. The predicted molar refractivity (Wildman–Crippen MR) is 107 cm³/mol. The maximum atomic E-state index is 14.2. The van der Waals surface area contributed by atoms with Crippen LogP contribution in [-0.2, 0) is 5.60 Å². The van der Waals surface area contributed by atoms with Crippen LogP contribution < -0.4 is 0 Å². The highest BCUT2D eigenvalue weighted by Gasteiger charge is 2.17. The summed E-state index contributed by atoms with van der Waals surface area (Å²) in [6, 6.07) is 15.0. The number of hydrogen-bond donors (Lipinski definition) is 1. The molecule has 2 aromatic heterocycles. The van der Waals surface area contributed by atoms with E-state index in [1.54, 1.807) is 26.2 Å². The number of rotatable bonds is 3. The molecule has 1 N–H and O–H groups in total. The summed E-state index contributed by atoms with van der Waals surface area (Å²) in [4.78, 5) is 8.23. The van der Waals surface area contributed by atoms with E-state index in [2.05, 4.69) is 25.9 Å². The number of nitrogens with zero attached hydrogens (tertiary/aromatic N) is 3. The Bertz CT molecular complexity index is 1150. The first-order valence-electron chi connectivity index (χ1n) is 8.45. The van der Waals surface area contributed by atoms with Crippen molar-refractivity contribution in [2.24, 2.45) is 0 Å². The van der Waals surface area contributed by atoms with Gasteiger partial charge < -0.3 is 5.11 Å². The van der Waals surface area contributed by atoms with Gasteiger partial charge in [0.05, 0.1) is 16.6 Å². The predicted octanol–water partition coefficient (Wildman–Crippen LogP) is 5.22. The standard InChI is InChI=1S/C21H17BrFN3O/c1-21(2,27)14-6-7-19-18(9-14)25-12-26(19)16-5-3-4-13(8-16)17-10-15(22)11-24-20(17)23/h3-12,27H,1-2H3. The summed E-state index contributed by atoms with van der Waals surface area (Å²) in [6.45, 7) is 3.49. The van der Waals surface area contributed by atoms with E-state index in [0.717, 1.165) is 32.3 Å². The van der Waals surface area contributed by atoms with Crippen molar-refractivity contribution in [2.45, 2.75) is 19.4 Å². The van der Waals surface area contributed by atoms with E-state index < -0.39 is 11.5 Å². The van der Waals surface area contributed by atoms with E-state index in [-0.39, 0.29) is 0 Å². The largest absolute Gasteiger partial charge is 0.386 e. The fourth-order valence-electron chi connectivity index (χ4n) is 3.05. The average molecular weight is 426 g/mol. The Kier molecular flexibility index (Phi) is 4.32. The molecule has 4 nitrogen and oxygen atoms in total. The zero-order chi connectivity index (χ0) is 19.2. The van der Waals surface area contributed by atoms with Gasteiger partial charge in [0.25, 0.3) is 0 Å². The number of fused-ring (bicyclic) bond motifs is 1. The second kappa shape index (κ2) is 6.55. The summed E-state index contributed by atoms with van der Waals surface area (Å²) in [6.07, 6.45) is 3.17. The molecule has 0 aliphatic rings. The molecular weight excluding hydrogens is 409 g/mol. The van der Waals surface area contributed by atoms with Crippen molar-refractivity contribution in [1.82, 2.24) is 14.5 Å². The zero-order valence-electron chi connectivity index (χ0n) is 14.8. The molecule has 4 aromatic rings. The third kappa shape index (κ3) is 3.38. The molecular formula is C21H17BrFN3O. The first-order valence-corrected chi connectivity index (χ1v) is 9.24. The molecule has 0 radical (unpaired) electrons. The van der Waals surface area contributed by atoms with Crippen LogP contribution in [0, 0.1) is 5.95 Å². The lowest BCUT2D eigenvalue weighted by Crippen LogP contribution is -2.15. The third-order valence-electron chi connectivity index (χ3n) is 4.49. The summed E-state index contributed by atoms with van der Waals surface area (Å²) in [5.74, 6) is -0.513. The van der Waals surface area contributed by atoms with Crippen LogP contribution in [0.5, 0.6) is 0 Å². The van der Waals surface area contributed by atoms with Crippen molar-refractivity contribution in [3.63, 3.8) is 0 Å². The monoisotopic (exact) mass is 425 g/mol. The van der Waals surface area contributed by atoms with Gasteiger partial charge in [-0.3, -0.25) is 4.57 Å². The van der Waals surface area contributed by atoms with E-state index in [0.29, 0.717) is 5.56 Å².